The molecule has 1 heterocycles. The molecule has 20 heavy (non-hydrogen) atoms. The standard InChI is InChI=1S/C18H28N2/c1-3-10-20-18(13(2)14-8-11-19-12-9-14)17-15-6-4-5-7-16(15)17/h8-9,11-13,15-18,20H,3-7,10H2,1-2H3. The summed E-state index contributed by atoms with van der Waals surface area (Å²) in [6.45, 7) is 5.81. The summed E-state index contributed by atoms with van der Waals surface area (Å²) in [6, 6.07) is 5.04. The molecule has 3 rings (SSSR count). The summed E-state index contributed by atoms with van der Waals surface area (Å²) in [6.07, 6.45) is 11.0. The van der Waals surface area contributed by atoms with E-state index in [-0.39, 0.29) is 0 Å². The van der Waals surface area contributed by atoms with Gasteiger partial charge in [0.1, 0.15) is 0 Å². The smallest absolute Gasteiger partial charge is 0.0270 e. The average molecular weight is 272 g/mol. The lowest BCUT2D eigenvalue weighted by atomic mass is 9.89. The van der Waals surface area contributed by atoms with Gasteiger partial charge < -0.3 is 5.32 Å². The van der Waals surface area contributed by atoms with Gasteiger partial charge in [-0.3, -0.25) is 4.98 Å². The zero-order chi connectivity index (χ0) is 13.9. The number of aromatic nitrogens is 1. The molecule has 2 saturated carbocycles. The summed E-state index contributed by atoms with van der Waals surface area (Å²) in [4.78, 5) is 4.16. The van der Waals surface area contributed by atoms with Gasteiger partial charge in [0.05, 0.1) is 0 Å². The van der Waals surface area contributed by atoms with E-state index in [0.717, 1.165) is 24.3 Å². The maximum atomic E-state index is 4.16. The van der Waals surface area contributed by atoms with Gasteiger partial charge in [-0.25, -0.2) is 0 Å². The second-order valence-electron chi connectivity index (χ2n) is 6.74. The van der Waals surface area contributed by atoms with Crippen LogP contribution in [0.4, 0.5) is 0 Å². The molecule has 0 spiro atoms. The number of hydrogen-bond donors (Lipinski definition) is 1. The molecular weight excluding hydrogens is 244 g/mol. The third kappa shape index (κ3) is 2.76. The Kier molecular flexibility index (Phi) is 4.40. The zero-order valence-electron chi connectivity index (χ0n) is 12.9. The molecule has 0 aromatic carbocycles. The first-order chi connectivity index (χ1) is 9.83. The Morgan fingerprint density at radius 3 is 2.45 bits per heavy atom. The molecule has 4 atom stereocenters. The van der Waals surface area contributed by atoms with Crippen molar-refractivity contribution in [2.75, 3.05) is 6.54 Å². The van der Waals surface area contributed by atoms with Gasteiger partial charge in [0.25, 0.3) is 0 Å². The highest BCUT2D eigenvalue weighted by molar-refractivity contribution is 5.20. The van der Waals surface area contributed by atoms with Crippen LogP contribution >= 0.6 is 0 Å². The molecule has 4 unspecified atom stereocenters. The van der Waals surface area contributed by atoms with Crippen LogP contribution in [0.25, 0.3) is 0 Å². The molecule has 1 aromatic rings. The summed E-state index contributed by atoms with van der Waals surface area (Å²) >= 11 is 0. The van der Waals surface area contributed by atoms with Gasteiger partial charge in [-0.1, -0.05) is 26.7 Å². The molecule has 2 aliphatic carbocycles. The molecule has 2 fully saturated rings. The molecule has 0 aliphatic heterocycles. The Bertz CT molecular complexity index is 405. The first kappa shape index (κ1) is 14.1. The van der Waals surface area contributed by atoms with E-state index < -0.39 is 0 Å². The van der Waals surface area contributed by atoms with Crippen molar-refractivity contribution in [3.05, 3.63) is 30.1 Å². The number of rotatable bonds is 6. The zero-order valence-corrected chi connectivity index (χ0v) is 12.9. The average Bonchev–Trinajstić information content (AvgIpc) is 3.23. The van der Waals surface area contributed by atoms with Crippen molar-refractivity contribution in [1.29, 1.82) is 0 Å². The largest absolute Gasteiger partial charge is 0.313 e. The number of fused-ring (bicyclic) bond motifs is 1. The third-order valence-corrected chi connectivity index (χ3v) is 5.54. The number of pyridine rings is 1. The fraction of sp³-hybridized carbons (Fsp3) is 0.722. The minimum absolute atomic E-state index is 0.597. The van der Waals surface area contributed by atoms with Crippen LogP contribution in [0.2, 0.25) is 0 Å². The van der Waals surface area contributed by atoms with Crippen molar-refractivity contribution in [3.8, 4) is 0 Å². The highest BCUT2D eigenvalue weighted by Crippen LogP contribution is 2.58. The highest BCUT2D eigenvalue weighted by Gasteiger charge is 2.54. The van der Waals surface area contributed by atoms with Crippen molar-refractivity contribution in [1.82, 2.24) is 10.3 Å². The SMILES string of the molecule is CCCNC(C(C)c1ccncc1)C1C2CCCCC21. The third-order valence-electron chi connectivity index (χ3n) is 5.54. The predicted octanol–water partition coefficient (Wildman–Crippen LogP) is 3.99. The van der Waals surface area contributed by atoms with Crippen LogP contribution in [0.1, 0.15) is 57.4 Å². The Balaban J connectivity index is 1.73. The summed E-state index contributed by atoms with van der Waals surface area (Å²) in [7, 11) is 0. The van der Waals surface area contributed by atoms with Gasteiger partial charge in [-0.05, 0) is 67.2 Å². The van der Waals surface area contributed by atoms with Crippen LogP contribution in [-0.2, 0) is 0 Å². The summed E-state index contributed by atoms with van der Waals surface area (Å²) in [5.74, 6) is 3.55. The lowest BCUT2D eigenvalue weighted by Crippen LogP contribution is -2.37. The first-order valence-corrected chi connectivity index (χ1v) is 8.46. The molecule has 2 heteroatoms. The van der Waals surface area contributed by atoms with E-state index in [2.05, 4.69) is 36.3 Å². The molecule has 110 valence electrons. The monoisotopic (exact) mass is 272 g/mol. The van der Waals surface area contributed by atoms with Gasteiger partial charge in [-0.15, -0.1) is 0 Å². The van der Waals surface area contributed by atoms with E-state index in [0.29, 0.717) is 12.0 Å². The van der Waals surface area contributed by atoms with Crippen molar-refractivity contribution >= 4 is 0 Å². The van der Waals surface area contributed by atoms with E-state index >= 15 is 0 Å². The van der Waals surface area contributed by atoms with E-state index in [1.165, 1.54) is 37.7 Å². The van der Waals surface area contributed by atoms with Crippen molar-refractivity contribution < 1.29 is 0 Å². The lowest BCUT2D eigenvalue weighted by Gasteiger charge is -2.26. The molecule has 0 radical (unpaired) electrons. The molecule has 0 saturated heterocycles. The van der Waals surface area contributed by atoms with E-state index in [1.807, 2.05) is 12.4 Å². The predicted molar refractivity (Wildman–Crippen MR) is 83.7 cm³/mol. The van der Waals surface area contributed by atoms with Crippen molar-refractivity contribution in [3.63, 3.8) is 0 Å². The van der Waals surface area contributed by atoms with Crippen molar-refractivity contribution in [2.24, 2.45) is 17.8 Å². The van der Waals surface area contributed by atoms with Gasteiger partial charge in [0.15, 0.2) is 0 Å². The van der Waals surface area contributed by atoms with Crippen LogP contribution < -0.4 is 5.32 Å². The van der Waals surface area contributed by atoms with Crippen LogP contribution in [0.3, 0.4) is 0 Å². The quantitative estimate of drug-likeness (QED) is 0.847. The summed E-state index contributed by atoms with van der Waals surface area (Å²) in [5.41, 5.74) is 1.44. The number of nitrogens with zero attached hydrogens (tertiary/aromatic N) is 1. The molecule has 2 nitrogen and oxygen atoms in total. The van der Waals surface area contributed by atoms with Crippen molar-refractivity contribution in [2.45, 2.75) is 57.9 Å². The van der Waals surface area contributed by atoms with Crippen LogP contribution in [0.15, 0.2) is 24.5 Å². The maximum Gasteiger partial charge on any atom is 0.0270 e. The molecule has 0 amide bonds. The van der Waals surface area contributed by atoms with Gasteiger partial charge in [0, 0.05) is 18.4 Å². The van der Waals surface area contributed by atoms with Crippen LogP contribution in [-0.4, -0.2) is 17.6 Å². The molecule has 1 N–H and O–H groups in total. The normalized spacial score (nSPS) is 31.4. The van der Waals surface area contributed by atoms with E-state index in [4.69, 9.17) is 0 Å². The minimum atomic E-state index is 0.597. The van der Waals surface area contributed by atoms with Gasteiger partial charge in [0.2, 0.25) is 0 Å². The fourth-order valence-corrected chi connectivity index (χ4v) is 4.41. The first-order valence-electron chi connectivity index (χ1n) is 8.46. The fourth-order valence-electron chi connectivity index (χ4n) is 4.41. The van der Waals surface area contributed by atoms with E-state index in [1.54, 1.807) is 0 Å². The Morgan fingerprint density at radius 2 is 1.85 bits per heavy atom. The van der Waals surface area contributed by atoms with E-state index in [9.17, 15) is 0 Å². The second-order valence-corrected chi connectivity index (χ2v) is 6.74. The molecule has 0 bridgehead atoms. The van der Waals surface area contributed by atoms with Gasteiger partial charge in [-0.2, -0.15) is 0 Å². The second kappa shape index (κ2) is 6.26. The highest BCUT2D eigenvalue weighted by atomic mass is 14.9. The topological polar surface area (TPSA) is 24.9 Å². The van der Waals surface area contributed by atoms with Crippen LogP contribution in [0, 0.1) is 17.8 Å². The lowest BCUT2D eigenvalue weighted by molar-refractivity contribution is 0.380. The minimum Gasteiger partial charge on any atom is -0.313 e. The van der Waals surface area contributed by atoms with Gasteiger partial charge >= 0.3 is 0 Å². The molecule has 1 aromatic heterocycles. The molecule has 2 aliphatic rings. The molecular formula is C18H28N2. The summed E-state index contributed by atoms with van der Waals surface area (Å²) < 4.78 is 0. The van der Waals surface area contributed by atoms with Crippen LogP contribution in [0.5, 0.6) is 0 Å². The number of hydrogen-bond acceptors (Lipinski definition) is 2. The maximum absolute atomic E-state index is 4.16. The Labute approximate surface area is 123 Å². The Morgan fingerprint density at radius 1 is 1.20 bits per heavy atom. The summed E-state index contributed by atoms with van der Waals surface area (Å²) in [5, 5.41) is 3.87. The Hall–Kier alpha value is -0.890. The number of nitrogens with one attached hydrogen (secondary N) is 1.